The summed E-state index contributed by atoms with van der Waals surface area (Å²) in [6.07, 6.45) is 2.03. The fourth-order valence-electron chi connectivity index (χ4n) is 2.31. The molecule has 1 unspecified atom stereocenters. The van der Waals surface area contributed by atoms with E-state index in [0.717, 1.165) is 30.6 Å². The summed E-state index contributed by atoms with van der Waals surface area (Å²) in [5, 5.41) is 0. The van der Waals surface area contributed by atoms with Crippen molar-refractivity contribution in [2.75, 3.05) is 20.2 Å². The third-order valence-electron chi connectivity index (χ3n) is 3.39. The lowest BCUT2D eigenvalue weighted by molar-refractivity contribution is 0.0978. The van der Waals surface area contributed by atoms with Crippen molar-refractivity contribution in [1.29, 1.82) is 0 Å². The van der Waals surface area contributed by atoms with E-state index in [1.807, 2.05) is 31.2 Å². The van der Waals surface area contributed by atoms with Gasteiger partial charge in [0, 0.05) is 20.2 Å². The van der Waals surface area contributed by atoms with Crippen molar-refractivity contribution in [2.24, 2.45) is 0 Å². The Labute approximate surface area is 115 Å². The monoisotopic (exact) mass is 283 g/mol. The summed E-state index contributed by atoms with van der Waals surface area (Å²) in [6.45, 7) is 3.16. The van der Waals surface area contributed by atoms with Crippen molar-refractivity contribution in [3.8, 4) is 0 Å². The van der Waals surface area contributed by atoms with E-state index in [4.69, 9.17) is 4.74 Å². The van der Waals surface area contributed by atoms with E-state index < -0.39 is 10.0 Å². The van der Waals surface area contributed by atoms with E-state index in [0.29, 0.717) is 6.54 Å². The summed E-state index contributed by atoms with van der Waals surface area (Å²) in [7, 11) is -1.63. The van der Waals surface area contributed by atoms with Crippen molar-refractivity contribution in [3.63, 3.8) is 0 Å². The Kier molecular flexibility index (Phi) is 4.60. The molecule has 0 radical (unpaired) electrons. The number of benzene rings is 1. The lowest BCUT2D eigenvalue weighted by Gasteiger charge is -2.20. The summed E-state index contributed by atoms with van der Waals surface area (Å²) in [4.78, 5) is 0. The molecule has 1 aromatic rings. The Morgan fingerprint density at radius 2 is 2.21 bits per heavy atom. The fraction of sp³-hybridized carbons (Fsp3) is 0.571. The minimum atomic E-state index is -3.26. The predicted molar refractivity (Wildman–Crippen MR) is 75.4 cm³/mol. The van der Waals surface area contributed by atoms with Gasteiger partial charge in [0.2, 0.25) is 10.0 Å². The number of sulfonamides is 1. The minimum absolute atomic E-state index is 0.0530. The topological polar surface area (TPSA) is 46.6 Å². The van der Waals surface area contributed by atoms with Crippen molar-refractivity contribution in [3.05, 3.63) is 35.4 Å². The smallest absolute Gasteiger partial charge is 0.218 e. The summed E-state index contributed by atoms with van der Waals surface area (Å²) in [5.74, 6) is 0.0535. The van der Waals surface area contributed by atoms with Crippen LogP contribution in [-0.2, 0) is 20.5 Å². The van der Waals surface area contributed by atoms with Crippen LogP contribution in [0.1, 0.15) is 24.0 Å². The molecule has 2 rings (SSSR count). The van der Waals surface area contributed by atoms with Crippen LogP contribution >= 0.6 is 0 Å². The molecule has 0 aliphatic carbocycles. The van der Waals surface area contributed by atoms with Crippen LogP contribution < -0.4 is 0 Å². The molecule has 5 heteroatoms. The largest absolute Gasteiger partial charge is 0.377 e. The number of hydrogen-bond donors (Lipinski definition) is 0. The minimum Gasteiger partial charge on any atom is -0.377 e. The molecule has 4 nitrogen and oxygen atoms in total. The highest BCUT2D eigenvalue weighted by Gasteiger charge is 2.24. The molecule has 1 aromatic carbocycles. The lowest BCUT2D eigenvalue weighted by Crippen LogP contribution is -2.34. The molecular weight excluding hydrogens is 262 g/mol. The second-order valence-electron chi connectivity index (χ2n) is 5.16. The standard InChI is InChI=1S/C14H21NO3S/c1-12-5-3-6-13(9-12)11-19(16,17)15(2)10-14-7-4-8-18-14/h3,5-6,9,14H,4,7-8,10-11H2,1-2H3. The van der Waals surface area contributed by atoms with E-state index >= 15 is 0 Å². The van der Waals surface area contributed by atoms with Crippen LogP contribution in [0.2, 0.25) is 0 Å². The van der Waals surface area contributed by atoms with Gasteiger partial charge in [-0.15, -0.1) is 0 Å². The quantitative estimate of drug-likeness (QED) is 0.829. The van der Waals surface area contributed by atoms with Gasteiger partial charge in [0.25, 0.3) is 0 Å². The van der Waals surface area contributed by atoms with Crippen LogP contribution in [-0.4, -0.2) is 39.0 Å². The molecule has 0 aromatic heterocycles. The summed E-state index contributed by atoms with van der Waals surface area (Å²) >= 11 is 0. The molecule has 1 fully saturated rings. The van der Waals surface area contributed by atoms with Gasteiger partial charge in [0.1, 0.15) is 0 Å². The number of nitrogens with zero attached hydrogens (tertiary/aromatic N) is 1. The van der Waals surface area contributed by atoms with E-state index in [9.17, 15) is 8.42 Å². The van der Waals surface area contributed by atoms with Crippen molar-refractivity contribution >= 4 is 10.0 Å². The zero-order valence-electron chi connectivity index (χ0n) is 11.5. The average Bonchev–Trinajstić information content (AvgIpc) is 2.81. The maximum atomic E-state index is 12.3. The Bertz CT molecular complexity index is 521. The maximum Gasteiger partial charge on any atom is 0.218 e. The van der Waals surface area contributed by atoms with Crippen molar-refractivity contribution in [2.45, 2.75) is 31.6 Å². The first-order valence-electron chi connectivity index (χ1n) is 6.58. The van der Waals surface area contributed by atoms with Crippen LogP contribution in [0.3, 0.4) is 0 Å². The molecule has 0 bridgehead atoms. The van der Waals surface area contributed by atoms with Gasteiger partial charge in [-0.1, -0.05) is 29.8 Å². The van der Waals surface area contributed by atoms with Gasteiger partial charge in [0.15, 0.2) is 0 Å². The number of aryl methyl sites for hydroxylation is 1. The van der Waals surface area contributed by atoms with Crippen molar-refractivity contribution < 1.29 is 13.2 Å². The maximum absolute atomic E-state index is 12.3. The van der Waals surface area contributed by atoms with Gasteiger partial charge in [-0.2, -0.15) is 0 Å². The Morgan fingerprint density at radius 1 is 1.42 bits per heavy atom. The van der Waals surface area contributed by atoms with Gasteiger partial charge in [-0.25, -0.2) is 12.7 Å². The molecule has 1 heterocycles. The SMILES string of the molecule is Cc1cccc(CS(=O)(=O)N(C)CC2CCCO2)c1. The molecule has 106 valence electrons. The summed E-state index contributed by atoms with van der Waals surface area (Å²) in [6, 6.07) is 7.62. The number of ether oxygens (including phenoxy) is 1. The zero-order valence-corrected chi connectivity index (χ0v) is 12.3. The van der Waals surface area contributed by atoms with E-state index in [1.165, 1.54) is 4.31 Å². The van der Waals surface area contributed by atoms with Gasteiger partial charge in [-0.05, 0) is 25.3 Å². The Hall–Kier alpha value is -0.910. The van der Waals surface area contributed by atoms with Gasteiger partial charge < -0.3 is 4.74 Å². The van der Waals surface area contributed by atoms with Crippen LogP contribution in [0.25, 0.3) is 0 Å². The molecule has 1 aliphatic heterocycles. The molecule has 19 heavy (non-hydrogen) atoms. The molecule has 1 atom stereocenters. The molecular formula is C14H21NO3S. The third kappa shape index (κ3) is 4.03. The Morgan fingerprint density at radius 3 is 2.84 bits per heavy atom. The molecule has 0 spiro atoms. The lowest BCUT2D eigenvalue weighted by atomic mass is 10.2. The van der Waals surface area contributed by atoms with Gasteiger partial charge in [-0.3, -0.25) is 0 Å². The average molecular weight is 283 g/mol. The Balaban J connectivity index is 2.00. The highest BCUT2D eigenvalue weighted by Crippen LogP contribution is 2.16. The first kappa shape index (κ1) is 14.5. The van der Waals surface area contributed by atoms with Crippen LogP contribution in [0.15, 0.2) is 24.3 Å². The van der Waals surface area contributed by atoms with Gasteiger partial charge in [0.05, 0.1) is 11.9 Å². The molecule has 0 saturated carbocycles. The fourth-order valence-corrected chi connectivity index (χ4v) is 3.53. The second kappa shape index (κ2) is 6.03. The molecule has 0 N–H and O–H groups in total. The zero-order chi connectivity index (χ0) is 13.9. The molecule has 1 saturated heterocycles. The second-order valence-corrected chi connectivity index (χ2v) is 7.24. The first-order chi connectivity index (χ1) is 8.97. The highest BCUT2D eigenvalue weighted by molar-refractivity contribution is 7.88. The normalized spacial score (nSPS) is 20.1. The van der Waals surface area contributed by atoms with Crippen molar-refractivity contribution in [1.82, 2.24) is 4.31 Å². The molecule has 1 aliphatic rings. The number of rotatable bonds is 5. The predicted octanol–water partition coefficient (Wildman–Crippen LogP) is 1.94. The highest BCUT2D eigenvalue weighted by atomic mass is 32.2. The van der Waals surface area contributed by atoms with E-state index in [2.05, 4.69) is 0 Å². The van der Waals surface area contributed by atoms with Gasteiger partial charge >= 0.3 is 0 Å². The first-order valence-corrected chi connectivity index (χ1v) is 8.19. The van der Waals surface area contributed by atoms with Crippen LogP contribution in [0, 0.1) is 6.92 Å². The van der Waals surface area contributed by atoms with E-state index in [-0.39, 0.29) is 11.9 Å². The third-order valence-corrected chi connectivity index (χ3v) is 5.19. The summed E-state index contributed by atoms with van der Waals surface area (Å²) < 4.78 is 31.4. The van der Waals surface area contributed by atoms with E-state index in [1.54, 1.807) is 7.05 Å². The van der Waals surface area contributed by atoms with Crippen LogP contribution in [0.4, 0.5) is 0 Å². The number of hydrogen-bond acceptors (Lipinski definition) is 3. The van der Waals surface area contributed by atoms with Crippen LogP contribution in [0.5, 0.6) is 0 Å². The number of likely N-dealkylation sites (N-methyl/N-ethyl adjacent to an activating group) is 1. The summed E-state index contributed by atoms with van der Waals surface area (Å²) in [5.41, 5.74) is 1.91. The molecule has 0 amide bonds.